The first kappa shape index (κ1) is 5.09. The maximum absolute atomic E-state index is 5.58. The Kier molecular flexibility index (Phi) is 1.68. The second-order valence-electron chi connectivity index (χ2n) is 1.39. The standard InChI is InChI=1S/C4H7ClN2/c5-4-1-2-6-7-3-4/h1,6-7H,2-3H2. The lowest BCUT2D eigenvalue weighted by atomic mass is 10.4. The molecule has 0 amide bonds. The van der Waals surface area contributed by atoms with Gasteiger partial charge >= 0.3 is 0 Å². The molecule has 0 radical (unpaired) electrons. The van der Waals surface area contributed by atoms with Crippen molar-refractivity contribution in [1.29, 1.82) is 0 Å². The average molecular weight is 119 g/mol. The zero-order valence-corrected chi connectivity index (χ0v) is 4.63. The lowest BCUT2D eigenvalue weighted by molar-refractivity contribution is 0.585. The summed E-state index contributed by atoms with van der Waals surface area (Å²) in [6, 6.07) is 0. The van der Waals surface area contributed by atoms with Gasteiger partial charge in [-0.3, -0.25) is 10.9 Å². The molecule has 3 heteroatoms. The van der Waals surface area contributed by atoms with Gasteiger partial charge in [0.15, 0.2) is 0 Å². The van der Waals surface area contributed by atoms with Crippen LogP contribution in [0, 0.1) is 0 Å². The predicted octanol–water partition coefficient (Wildman–Crippen LogP) is 0.217. The number of hydrogen-bond acceptors (Lipinski definition) is 2. The minimum Gasteiger partial charge on any atom is -0.254 e. The van der Waals surface area contributed by atoms with Crippen LogP contribution in [0.1, 0.15) is 0 Å². The number of hydrazine groups is 1. The molecule has 0 unspecified atom stereocenters. The minimum absolute atomic E-state index is 0.752. The highest BCUT2D eigenvalue weighted by Gasteiger charge is 1.94. The third-order valence-electron chi connectivity index (χ3n) is 0.808. The zero-order valence-electron chi connectivity index (χ0n) is 3.87. The van der Waals surface area contributed by atoms with Gasteiger partial charge in [0.1, 0.15) is 0 Å². The molecule has 2 nitrogen and oxygen atoms in total. The fourth-order valence-electron chi connectivity index (χ4n) is 0.453. The van der Waals surface area contributed by atoms with Gasteiger partial charge in [0.25, 0.3) is 0 Å². The molecule has 1 aliphatic rings. The molecule has 0 aromatic heterocycles. The van der Waals surface area contributed by atoms with Crippen LogP contribution in [0.4, 0.5) is 0 Å². The van der Waals surface area contributed by atoms with Gasteiger partial charge in [0.05, 0.1) is 0 Å². The Morgan fingerprint density at radius 1 is 1.57 bits per heavy atom. The van der Waals surface area contributed by atoms with Crippen LogP contribution in [0.15, 0.2) is 11.1 Å². The smallest absolute Gasteiger partial charge is 0.0456 e. The molecule has 0 aromatic rings. The average Bonchev–Trinajstić information content (AvgIpc) is 1.69. The van der Waals surface area contributed by atoms with Crippen LogP contribution >= 0.6 is 11.6 Å². The van der Waals surface area contributed by atoms with E-state index < -0.39 is 0 Å². The van der Waals surface area contributed by atoms with Crippen LogP contribution < -0.4 is 10.9 Å². The van der Waals surface area contributed by atoms with E-state index >= 15 is 0 Å². The van der Waals surface area contributed by atoms with E-state index in [2.05, 4.69) is 10.9 Å². The van der Waals surface area contributed by atoms with Crippen molar-refractivity contribution in [2.45, 2.75) is 0 Å². The Hall–Kier alpha value is -0.0500. The Balaban J connectivity index is 2.40. The Morgan fingerprint density at radius 3 is 2.71 bits per heavy atom. The van der Waals surface area contributed by atoms with E-state index in [1.54, 1.807) is 0 Å². The summed E-state index contributed by atoms with van der Waals surface area (Å²) < 4.78 is 0. The highest BCUT2D eigenvalue weighted by atomic mass is 35.5. The van der Waals surface area contributed by atoms with Gasteiger partial charge in [-0.1, -0.05) is 17.7 Å². The topological polar surface area (TPSA) is 24.1 Å². The highest BCUT2D eigenvalue weighted by molar-refractivity contribution is 6.29. The van der Waals surface area contributed by atoms with Crippen LogP contribution in [0.3, 0.4) is 0 Å². The van der Waals surface area contributed by atoms with E-state index in [1.807, 2.05) is 6.08 Å². The Labute approximate surface area is 47.5 Å². The van der Waals surface area contributed by atoms with Gasteiger partial charge in [-0.25, -0.2) is 0 Å². The van der Waals surface area contributed by atoms with Crippen molar-refractivity contribution in [3.8, 4) is 0 Å². The van der Waals surface area contributed by atoms with Crippen molar-refractivity contribution in [3.05, 3.63) is 11.1 Å². The van der Waals surface area contributed by atoms with Crippen molar-refractivity contribution < 1.29 is 0 Å². The van der Waals surface area contributed by atoms with Crippen molar-refractivity contribution in [3.63, 3.8) is 0 Å². The highest BCUT2D eigenvalue weighted by Crippen LogP contribution is 1.98. The number of halogens is 1. The third kappa shape index (κ3) is 1.47. The van der Waals surface area contributed by atoms with Gasteiger partial charge in [-0.2, -0.15) is 0 Å². The van der Waals surface area contributed by atoms with E-state index in [0.29, 0.717) is 0 Å². The third-order valence-corrected chi connectivity index (χ3v) is 1.10. The molecular formula is C4H7ClN2. The van der Waals surface area contributed by atoms with Crippen molar-refractivity contribution in [1.82, 2.24) is 10.9 Å². The first-order chi connectivity index (χ1) is 3.39. The van der Waals surface area contributed by atoms with Gasteiger partial charge in [-0.05, 0) is 0 Å². The minimum atomic E-state index is 0.752. The van der Waals surface area contributed by atoms with E-state index in [0.717, 1.165) is 18.1 Å². The van der Waals surface area contributed by atoms with Crippen molar-refractivity contribution in [2.24, 2.45) is 0 Å². The molecule has 0 saturated heterocycles. The van der Waals surface area contributed by atoms with Gasteiger partial charge in [0.2, 0.25) is 0 Å². The molecule has 2 N–H and O–H groups in total. The molecule has 1 aliphatic heterocycles. The monoisotopic (exact) mass is 118 g/mol. The van der Waals surface area contributed by atoms with Crippen LogP contribution in [-0.2, 0) is 0 Å². The number of hydrogen-bond donors (Lipinski definition) is 2. The molecule has 0 aliphatic carbocycles. The molecular weight excluding hydrogens is 112 g/mol. The molecule has 0 bridgehead atoms. The second-order valence-corrected chi connectivity index (χ2v) is 1.87. The lowest BCUT2D eigenvalue weighted by Gasteiger charge is -2.08. The summed E-state index contributed by atoms with van der Waals surface area (Å²) in [5.74, 6) is 0. The SMILES string of the molecule is ClC1=CCNNC1. The van der Waals surface area contributed by atoms with Crippen LogP contribution in [0.25, 0.3) is 0 Å². The molecule has 1 heterocycles. The number of rotatable bonds is 0. The molecule has 0 saturated carbocycles. The second kappa shape index (κ2) is 2.31. The molecule has 7 heavy (non-hydrogen) atoms. The molecule has 0 spiro atoms. The summed E-state index contributed by atoms with van der Waals surface area (Å²) >= 11 is 5.58. The van der Waals surface area contributed by atoms with Gasteiger partial charge in [0, 0.05) is 18.1 Å². The largest absolute Gasteiger partial charge is 0.254 e. The Bertz CT molecular complexity index is 89.7. The van der Waals surface area contributed by atoms with Crippen LogP contribution in [-0.4, -0.2) is 13.1 Å². The molecule has 0 aromatic carbocycles. The molecule has 1 rings (SSSR count). The fraction of sp³-hybridized carbons (Fsp3) is 0.500. The van der Waals surface area contributed by atoms with E-state index in [9.17, 15) is 0 Å². The maximum Gasteiger partial charge on any atom is 0.0456 e. The summed E-state index contributed by atoms with van der Waals surface area (Å²) in [7, 11) is 0. The van der Waals surface area contributed by atoms with Crippen LogP contribution in [0.2, 0.25) is 0 Å². The predicted molar refractivity (Wildman–Crippen MR) is 29.9 cm³/mol. The van der Waals surface area contributed by atoms with Crippen LogP contribution in [0.5, 0.6) is 0 Å². The summed E-state index contributed by atoms with van der Waals surface area (Å²) in [4.78, 5) is 0. The summed E-state index contributed by atoms with van der Waals surface area (Å²) in [6.45, 7) is 1.58. The molecule has 0 atom stereocenters. The van der Waals surface area contributed by atoms with E-state index in [4.69, 9.17) is 11.6 Å². The van der Waals surface area contributed by atoms with Crippen molar-refractivity contribution in [2.75, 3.05) is 13.1 Å². The van der Waals surface area contributed by atoms with E-state index in [1.165, 1.54) is 0 Å². The maximum atomic E-state index is 5.58. The zero-order chi connectivity index (χ0) is 5.11. The fourth-order valence-corrected chi connectivity index (χ4v) is 0.597. The van der Waals surface area contributed by atoms with Gasteiger partial charge < -0.3 is 0 Å². The lowest BCUT2D eigenvalue weighted by Crippen LogP contribution is -2.36. The Morgan fingerprint density at radius 2 is 2.43 bits per heavy atom. The molecule has 40 valence electrons. The summed E-state index contributed by atoms with van der Waals surface area (Å²) in [6.07, 6.45) is 1.94. The van der Waals surface area contributed by atoms with E-state index in [-0.39, 0.29) is 0 Å². The normalized spacial score (nSPS) is 21.6. The number of nitrogens with one attached hydrogen (secondary N) is 2. The van der Waals surface area contributed by atoms with Crippen molar-refractivity contribution >= 4 is 11.6 Å². The van der Waals surface area contributed by atoms with Gasteiger partial charge in [-0.15, -0.1) is 0 Å². The first-order valence-corrected chi connectivity index (χ1v) is 2.57. The molecule has 0 fully saturated rings. The summed E-state index contributed by atoms with van der Waals surface area (Å²) in [5.41, 5.74) is 5.79. The summed E-state index contributed by atoms with van der Waals surface area (Å²) in [5, 5.41) is 0.888. The first-order valence-electron chi connectivity index (χ1n) is 2.20. The quantitative estimate of drug-likeness (QED) is 0.476.